The van der Waals surface area contributed by atoms with Crippen LogP contribution in [0.25, 0.3) is 0 Å². The number of nitrogens with one attached hydrogen (secondary N) is 1. The molecule has 0 aliphatic carbocycles. The summed E-state index contributed by atoms with van der Waals surface area (Å²) in [6.07, 6.45) is 2.41. The molecule has 0 bridgehead atoms. The molecule has 1 unspecified atom stereocenters. The van der Waals surface area contributed by atoms with Crippen LogP contribution in [0.4, 0.5) is 0 Å². The van der Waals surface area contributed by atoms with Crippen LogP contribution in [0.5, 0.6) is 5.88 Å². The molecular formula is C18H23N3O2. The standard InChI is InChI=1S/C18H23N3O2/c1-21(2)16(11-14-7-5-4-6-8-14)13-20-18(22)15-9-10-17(23-3)19-12-15/h4-10,12,16H,11,13H2,1-3H3,(H,20,22). The van der Waals surface area contributed by atoms with E-state index in [1.165, 1.54) is 11.8 Å². The third-order valence-corrected chi connectivity index (χ3v) is 3.75. The molecule has 0 saturated heterocycles. The minimum absolute atomic E-state index is 0.125. The molecule has 1 aromatic carbocycles. The second-order valence-electron chi connectivity index (χ2n) is 5.61. The molecule has 1 atom stereocenters. The van der Waals surface area contributed by atoms with E-state index in [9.17, 15) is 4.79 Å². The van der Waals surface area contributed by atoms with Gasteiger partial charge in [-0.3, -0.25) is 4.79 Å². The maximum Gasteiger partial charge on any atom is 0.252 e. The van der Waals surface area contributed by atoms with E-state index in [0.29, 0.717) is 18.0 Å². The van der Waals surface area contributed by atoms with Crippen molar-refractivity contribution < 1.29 is 9.53 Å². The van der Waals surface area contributed by atoms with Crippen LogP contribution in [0.1, 0.15) is 15.9 Å². The van der Waals surface area contributed by atoms with Crippen LogP contribution in [-0.4, -0.2) is 49.6 Å². The topological polar surface area (TPSA) is 54.5 Å². The Balaban J connectivity index is 1.93. The smallest absolute Gasteiger partial charge is 0.252 e. The molecule has 122 valence electrons. The Kier molecular flexibility index (Phi) is 6.11. The van der Waals surface area contributed by atoms with Gasteiger partial charge in [0.2, 0.25) is 5.88 Å². The number of hydrogen-bond donors (Lipinski definition) is 1. The van der Waals surface area contributed by atoms with Crippen molar-refractivity contribution in [1.29, 1.82) is 0 Å². The molecule has 0 fully saturated rings. The number of aromatic nitrogens is 1. The zero-order valence-corrected chi connectivity index (χ0v) is 13.8. The molecule has 2 aromatic rings. The van der Waals surface area contributed by atoms with Gasteiger partial charge in [-0.25, -0.2) is 4.98 Å². The van der Waals surface area contributed by atoms with E-state index in [1.54, 1.807) is 19.2 Å². The van der Waals surface area contributed by atoms with Crippen molar-refractivity contribution in [2.45, 2.75) is 12.5 Å². The molecule has 23 heavy (non-hydrogen) atoms. The predicted molar refractivity (Wildman–Crippen MR) is 90.7 cm³/mol. The van der Waals surface area contributed by atoms with Gasteiger partial charge in [0, 0.05) is 24.8 Å². The Bertz CT molecular complexity index is 612. The highest BCUT2D eigenvalue weighted by Crippen LogP contribution is 2.08. The molecule has 1 N–H and O–H groups in total. The normalized spacial score (nSPS) is 12.0. The predicted octanol–water partition coefficient (Wildman–Crippen LogP) is 1.99. The first-order valence-corrected chi connectivity index (χ1v) is 7.58. The van der Waals surface area contributed by atoms with Crippen molar-refractivity contribution in [2.24, 2.45) is 0 Å². The second-order valence-corrected chi connectivity index (χ2v) is 5.61. The number of hydrogen-bond acceptors (Lipinski definition) is 4. The first-order chi connectivity index (χ1) is 11.1. The fraction of sp³-hybridized carbons (Fsp3) is 0.333. The molecular weight excluding hydrogens is 290 g/mol. The molecule has 0 saturated carbocycles. The van der Waals surface area contributed by atoms with Crippen LogP contribution < -0.4 is 10.1 Å². The van der Waals surface area contributed by atoms with Gasteiger partial charge >= 0.3 is 0 Å². The summed E-state index contributed by atoms with van der Waals surface area (Å²) in [4.78, 5) is 18.4. The number of benzene rings is 1. The van der Waals surface area contributed by atoms with Gasteiger partial charge in [0.1, 0.15) is 0 Å². The Hall–Kier alpha value is -2.40. The number of rotatable bonds is 7. The molecule has 5 heteroatoms. The van der Waals surface area contributed by atoms with E-state index in [2.05, 4.69) is 27.3 Å². The highest BCUT2D eigenvalue weighted by atomic mass is 16.5. The maximum absolute atomic E-state index is 12.2. The fourth-order valence-corrected chi connectivity index (χ4v) is 2.27. The molecule has 0 spiro atoms. The van der Waals surface area contributed by atoms with E-state index in [1.807, 2.05) is 32.3 Å². The number of nitrogens with zero attached hydrogens (tertiary/aromatic N) is 2. The average Bonchev–Trinajstić information content (AvgIpc) is 2.59. The summed E-state index contributed by atoms with van der Waals surface area (Å²) >= 11 is 0. The quantitative estimate of drug-likeness (QED) is 0.849. The van der Waals surface area contributed by atoms with Gasteiger partial charge in [0.15, 0.2) is 0 Å². The van der Waals surface area contributed by atoms with Gasteiger partial charge in [-0.15, -0.1) is 0 Å². The van der Waals surface area contributed by atoms with E-state index in [0.717, 1.165) is 6.42 Å². The van der Waals surface area contributed by atoms with Crippen LogP contribution in [0, 0.1) is 0 Å². The molecule has 2 rings (SSSR count). The molecule has 1 heterocycles. The largest absolute Gasteiger partial charge is 0.481 e. The van der Waals surface area contributed by atoms with Crippen molar-refractivity contribution >= 4 is 5.91 Å². The van der Waals surface area contributed by atoms with E-state index in [-0.39, 0.29) is 11.9 Å². The summed E-state index contributed by atoms with van der Waals surface area (Å²) in [6.45, 7) is 0.576. The second kappa shape index (κ2) is 8.29. The van der Waals surface area contributed by atoms with E-state index in [4.69, 9.17) is 4.74 Å². The third kappa shape index (κ3) is 5.07. The van der Waals surface area contributed by atoms with Crippen LogP contribution in [0.15, 0.2) is 48.7 Å². The molecule has 0 radical (unpaired) electrons. The summed E-state index contributed by atoms with van der Waals surface area (Å²) in [7, 11) is 5.59. The van der Waals surface area contributed by atoms with Gasteiger partial charge in [0.05, 0.1) is 12.7 Å². The minimum atomic E-state index is -0.125. The van der Waals surface area contributed by atoms with Crippen LogP contribution in [0.3, 0.4) is 0 Å². The monoisotopic (exact) mass is 313 g/mol. The van der Waals surface area contributed by atoms with Gasteiger partial charge in [0.25, 0.3) is 5.91 Å². The number of methoxy groups -OCH3 is 1. The molecule has 0 aliphatic heterocycles. The number of carbonyl (C=O) groups excluding carboxylic acids is 1. The van der Waals surface area contributed by atoms with Crippen molar-refractivity contribution in [3.63, 3.8) is 0 Å². The highest BCUT2D eigenvalue weighted by molar-refractivity contribution is 5.93. The Morgan fingerprint density at radius 1 is 1.22 bits per heavy atom. The van der Waals surface area contributed by atoms with Crippen LogP contribution in [-0.2, 0) is 6.42 Å². The number of carbonyl (C=O) groups is 1. The number of pyridine rings is 1. The molecule has 1 aromatic heterocycles. The SMILES string of the molecule is COc1ccc(C(=O)NCC(Cc2ccccc2)N(C)C)cn1. The number of likely N-dealkylation sites (N-methyl/N-ethyl adjacent to an activating group) is 1. The summed E-state index contributed by atoms with van der Waals surface area (Å²) < 4.78 is 5.00. The van der Waals surface area contributed by atoms with Crippen LogP contribution >= 0.6 is 0 Å². The Labute approximate surface area is 137 Å². The fourth-order valence-electron chi connectivity index (χ4n) is 2.27. The van der Waals surface area contributed by atoms with Crippen molar-refractivity contribution in [1.82, 2.24) is 15.2 Å². The Morgan fingerprint density at radius 2 is 1.96 bits per heavy atom. The van der Waals surface area contributed by atoms with Crippen molar-refractivity contribution in [3.05, 3.63) is 59.8 Å². The lowest BCUT2D eigenvalue weighted by molar-refractivity contribution is 0.0941. The average molecular weight is 313 g/mol. The summed E-state index contributed by atoms with van der Waals surface area (Å²) in [5.74, 6) is 0.372. The van der Waals surface area contributed by atoms with Gasteiger partial charge in [-0.1, -0.05) is 30.3 Å². The lowest BCUT2D eigenvalue weighted by Crippen LogP contribution is -2.41. The zero-order valence-electron chi connectivity index (χ0n) is 13.8. The van der Waals surface area contributed by atoms with Crippen molar-refractivity contribution in [3.8, 4) is 5.88 Å². The summed E-state index contributed by atoms with van der Waals surface area (Å²) in [5, 5.41) is 2.98. The Morgan fingerprint density at radius 3 is 2.52 bits per heavy atom. The lowest BCUT2D eigenvalue weighted by Gasteiger charge is -2.24. The van der Waals surface area contributed by atoms with Crippen molar-refractivity contribution in [2.75, 3.05) is 27.7 Å². The third-order valence-electron chi connectivity index (χ3n) is 3.75. The first-order valence-electron chi connectivity index (χ1n) is 7.58. The number of ether oxygens (including phenoxy) is 1. The van der Waals surface area contributed by atoms with E-state index >= 15 is 0 Å². The summed E-state index contributed by atoms with van der Waals surface area (Å²) in [5.41, 5.74) is 1.79. The van der Waals surface area contributed by atoms with Gasteiger partial charge in [-0.05, 0) is 32.1 Å². The number of amides is 1. The molecule has 0 aliphatic rings. The maximum atomic E-state index is 12.2. The van der Waals surface area contributed by atoms with Gasteiger partial charge < -0.3 is 15.0 Å². The van der Waals surface area contributed by atoms with Crippen LogP contribution in [0.2, 0.25) is 0 Å². The summed E-state index contributed by atoms with van der Waals surface area (Å²) in [6, 6.07) is 13.9. The van der Waals surface area contributed by atoms with E-state index < -0.39 is 0 Å². The zero-order chi connectivity index (χ0) is 16.7. The molecule has 5 nitrogen and oxygen atoms in total. The highest BCUT2D eigenvalue weighted by Gasteiger charge is 2.14. The first kappa shape index (κ1) is 17.0. The molecule has 1 amide bonds. The minimum Gasteiger partial charge on any atom is -0.481 e. The van der Waals surface area contributed by atoms with Gasteiger partial charge in [-0.2, -0.15) is 0 Å². The lowest BCUT2D eigenvalue weighted by atomic mass is 10.1.